The van der Waals surface area contributed by atoms with Crippen molar-refractivity contribution in [2.24, 2.45) is 0 Å². The molecule has 6 nitrogen and oxygen atoms in total. The molecule has 1 heterocycles. The Hall–Kier alpha value is -1.83. The summed E-state index contributed by atoms with van der Waals surface area (Å²) in [5.41, 5.74) is 1.73. The summed E-state index contributed by atoms with van der Waals surface area (Å²) in [6, 6.07) is 0. The first-order valence-electron chi connectivity index (χ1n) is 3.77. The highest BCUT2D eigenvalue weighted by atomic mass is 35.5. The van der Waals surface area contributed by atoms with Crippen LogP contribution in [0.4, 0.5) is 20.2 Å². The summed E-state index contributed by atoms with van der Waals surface area (Å²) in [5, 5.41) is 9.29. The number of halogens is 3. The smallest absolute Gasteiger partial charge is 0.310 e. The van der Waals surface area contributed by atoms with Crippen LogP contribution >= 0.6 is 11.6 Å². The molecule has 0 fully saturated rings. The number of carbonyl (C=O) groups is 1. The van der Waals surface area contributed by atoms with Gasteiger partial charge in [-0.25, -0.2) is 13.8 Å². The number of alkyl halides is 2. The molecule has 0 bridgehead atoms. The Bertz CT molecular complexity index is 466. The Labute approximate surface area is 92.2 Å². The molecule has 0 spiro atoms. The standard InChI is InChI=1S/C7H4ClF2N3O3/c8-6(14)3-2(11)1-12-4(7(9)10)5(3)13(15)16/h1,7H,11H2. The Morgan fingerprint density at radius 3 is 2.56 bits per heavy atom. The van der Waals surface area contributed by atoms with E-state index in [0.29, 0.717) is 0 Å². The second kappa shape index (κ2) is 4.35. The van der Waals surface area contributed by atoms with E-state index in [1.165, 1.54) is 0 Å². The van der Waals surface area contributed by atoms with Gasteiger partial charge in [-0.2, -0.15) is 0 Å². The predicted octanol–water partition coefficient (Wildman–Crippen LogP) is 1.89. The fourth-order valence-corrected chi connectivity index (χ4v) is 1.28. The van der Waals surface area contributed by atoms with Crippen molar-refractivity contribution in [2.45, 2.75) is 6.43 Å². The van der Waals surface area contributed by atoms with Gasteiger partial charge in [0.2, 0.25) is 0 Å². The zero-order valence-electron chi connectivity index (χ0n) is 7.49. The van der Waals surface area contributed by atoms with Crippen molar-refractivity contribution >= 4 is 28.2 Å². The summed E-state index contributed by atoms with van der Waals surface area (Å²) in [4.78, 5) is 23.4. The van der Waals surface area contributed by atoms with Crippen molar-refractivity contribution in [3.05, 3.63) is 27.6 Å². The monoisotopic (exact) mass is 251 g/mol. The largest absolute Gasteiger partial charge is 0.397 e. The van der Waals surface area contributed by atoms with Crippen molar-refractivity contribution in [2.75, 3.05) is 5.73 Å². The third-order valence-electron chi connectivity index (χ3n) is 1.70. The molecule has 0 atom stereocenters. The maximum absolute atomic E-state index is 12.4. The molecule has 0 radical (unpaired) electrons. The molecule has 0 aliphatic heterocycles. The number of anilines is 1. The Balaban J connectivity index is 3.63. The summed E-state index contributed by atoms with van der Waals surface area (Å²) in [5.74, 6) is 0. The van der Waals surface area contributed by atoms with Gasteiger partial charge < -0.3 is 5.73 Å². The molecule has 86 valence electrons. The van der Waals surface area contributed by atoms with Crippen molar-refractivity contribution in [3.63, 3.8) is 0 Å². The lowest BCUT2D eigenvalue weighted by molar-refractivity contribution is -0.386. The number of nitrogen functional groups attached to an aromatic ring is 1. The molecule has 0 aliphatic rings. The number of nitrogens with zero attached hydrogens (tertiary/aromatic N) is 2. The van der Waals surface area contributed by atoms with E-state index in [1.807, 2.05) is 0 Å². The van der Waals surface area contributed by atoms with E-state index in [0.717, 1.165) is 6.20 Å². The van der Waals surface area contributed by atoms with Crippen LogP contribution in [-0.4, -0.2) is 15.1 Å². The number of hydrogen-bond acceptors (Lipinski definition) is 5. The first-order chi connectivity index (χ1) is 7.36. The molecule has 16 heavy (non-hydrogen) atoms. The summed E-state index contributed by atoms with van der Waals surface area (Å²) in [7, 11) is 0. The normalized spacial score (nSPS) is 10.5. The lowest BCUT2D eigenvalue weighted by Crippen LogP contribution is -2.09. The zero-order valence-corrected chi connectivity index (χ0v) is 8.24. The minimum atomic E-state index is -3.20. The number of pyridine rings is 1. The van der Waals surface area contributed by atoms with Gasteiger partial charge >= 0.3 is 5.69 Å². The average molecular weight is 252 g/mol. The van der Waals surface area contributed by atoms with E-state index < -0.39 is 39.2 Å². The first kappa shape index (κ1) is 12.2. The SMILES string of the molecule is Nc1cnc(C(F)F)c([N+](=O)[O-])c1C(=O)Cl. The number of nitro groups is 1. The molecule has 1 aromatic rings. The molecular formula is C7H4ClF2N3O3. The highest BCUT2D eigenvalue weighted by Gasteiger charge is 2.31. The van der Waals surface area contributed by atoms with Gasteiger partial charge in [-0.05, 0) is 11.6 Å². The maximum Gasteiger partial charge on any atom is 0.310 e. The second-order valence-corrected chi connectivity index (χ2v) is 3.00. The van der Waals surface area contributed by atoms with Crippen molar-refractivity contribution in [1.82, 2.24) is 4.98 Å². The van der Waals surface area contributed by atoms with Crippen LogP contribution in [0, 0.1) is 10.1 Å². The van der Waals surface area contributed by atoms with Crippen LogP contribution in [0.3, 0.4) is 0 Å². The Morgan fingerprint density at radius 2 is 2.19 bits per heavy atom. The van der Waals surface area contributed by atoms with Crippen molar-refractivity contribution in [1.29, 1.82) is 0 Å². The molecule has 0 aliphatic carbocycles. The summed E-state index contributed by atoms with van der Waals surface area (Å²) in [6.45, 7) is 0. The molecule has 0 saturated carbocycles. The Kier molecular flexibility index (Phi) is 3.33. The lowest BCUT2D eigenvalue weighted by atomic mass is 10.1. The molecule has 0 unspecified atom stereocenters. The van der Waals surface area contributed by atoms with Gasteiger partial charge in [-0.15, -0.1) is 0 Å². The van der Waals surface area contributed by atoms with Gasteiger partial charge in [0.25, 0.3) is 11.7 Å². The fourth-order valence-electron chi connectivity index (χ4n) is 1.08. The molecule has 1 aromatic heterocycles. The molecule has 1 rings (SSSR count). The average Bonchev–Trinajstić information content (AvgIpc) is 2.15. The van der Waals surface area contributed by atoms with E-state index in [2.05, 4.69) is 4.98 Å². The first-order valence-corrected chi connectivity index (χ1v) is 4.14. The van der Waals surface area contributed by atoms with Crippen LogP contribution in [0.25, 0.3) is 0 Å². The van der Waals surface area contributed by atoms with Gasteiger partial charge in [0.1, 0.15) is 5.56 Å². The van der Waals surface area contributed by atoms with Crippen LogP contribution in [0.5, 0.6) is 0 Å². The van der Waals surface area contributed by atoms with Crippen molar-refractivity contribution in [3.8, 4) is 0 Å². The van der Waals surface area contributed by atoms with Gasteiger partial charge in [0, 0.05) is 0 Å². The summed E-state index contributed by atoms with van der Waals surface area (Å²) in [6.07, 6.45) is -2.47. The van der Waals surface area contributed by atoms with E-state index >= 15 is 0 Å². The number of carbonyl (C=O) groups excluding carboxylic acids is 1. The van der Waals surface area contributed by atoms with Gasteiger partial charge in [-0.1, -0.05) is 0 Å². The number of aromatic nitrogens is 1. The fraction of sp³-hybridized carbons (Fsp3) is 0.143. The minimum absolute atomic E-state index is 0.420. The molecule has 0 amide bonds. The van der Waals surface area contributed by atoms with E-state index in [1.54, 1.807) is 0 Å². The highest BCUT2D eigenvalue weighted by molar-refractivity contribution is 6.68. The second-order valence-electron chi connectivity index (χ2n) is 2.65. The van der Waals surface area contributed by atoms with Crippen LogP contribution in [0.1, 0.15) is 22.5 Å². The van der Waals surface area contributed by atoms with Crippen LogP contribution in [0.2, 0.25) is 0 Å². The zero-order chi connectivity index (χ0) is 12.5. The minimum Gasteiger partial charge on any atom is -0.397 e. The summed E-state index contributed by atoms with van der Waals surface area (Å²) >= 11 is 5.04. The van der Waals surface area contributed by atoms with E-state index in [9.17, 15) is 23.7 Å². The topological polar surface area (TPSA) is 99.1 Å². The quantitative estimate of drug-likeness (QED) is 0.502. The van der Waals surface area contributed by atoms with Gasteiger partial charge in [0.15, 0.2) is 5.69 Å². The van der Waals surface area contributed by atoms with Crippen LogP contribution in [-0.2, 0) is 0 Å². The van der Waals surface area contributed by atoms with Gasteiger partial charge in [-0.3, -0.25) is 14.9 Å². The van der Waals surface area contributed by atoms with E-state index in [4.69, 9.17) is 17.3 Å². The predicted molar refractivity (Wildman–Crippen MR) is 50.4 cm³/mol. The summed E-state index contributed by atoms with van der Waals surface area (Å²) < 4.78 is 24.8. The molecule has 0 aromatic carbocycles. The number of rotatable bonds is 3. The van der Waals surface area contributed by atoms with Crippen LogP contribution in [0.15, 0.2) is 6.20 Å². The molecule has 9 heteroatoms. The molecule has 0 saturated heterocycles. The third-order valence-corrected chi connectivity index (χ3v) is 1.89. The highest BCUT2D eigenvalue weighted by Crippen LogP contribution is 2.33. The molecule has 2 N–H and O–H groups in total. The third kappa shape index (κ3) is 2.06. The lowest BCUT2D eigenvalue weighted by Gasteiger charge is -2.05. The maximum atomic E-state index is 12.4. The van der Waals surface area contributed by atoms with Crippen LogP contribution < -0.4 is 5.73 Å². The molecular weight excluding hydrogens is 248 g/mol. The van der Waals surface area contributed by atoms with E-state index in [-0.39, 0.29) is 0 Å². The number of hydrogen-bond donors (Lipinski definition) is 1. The van der Waals surface area contributed by atoms with Gasteiger partial charge in [0.05, 0.1) is 16.8 Å². The number of nitrogens with two attached hydrogens (primary N) is 1. The Morgan fingerprint density at radius 1 is 1.62 bits per heavy atom. The van der Waals surface area contributed by atoms with Crippen molar-refractivity contribution < 1.29 is 18.5 Å².